The summed E-state index contributed by atoms with van der Waals surface area (Å²) in [5.41, 5.74) is 9.43. The van der Waals surface area contributed by atoms with Crippen LogP contribution in [0, 0.1) is 6.92 Å². The molecular formula is C12H16N4. The van der Waals surface area contributed by atoms with Crippen molar-refractivity contribution >= 4 is 0 Å². The zero-order valence-corrected chi connectivity index (χ0v) is 9.59. The van der Waals surface area contributed by atoms with Crippen molar-refractivity contribution in [3.8, 4) is 0 Å². The zero-order valence-electron chi connectivity index (χ0n) is 9.59. The molecule has 0 fully saturated rings. The van der Waals surface area contributed by atoms with Crippen LogP contribution in [0.2, 0.25) is 0 Å². The van der Waals surface area contributed by atoms with Crippen LogP contribution < -0.4 is 5.73 Å². The first-order chi connectivity index (χ1) is 7.65. The number of hydrogen-bond donors (Lipinski definition) is 1. The van der Waals surface area contributed by atoms with Crippen molar-refractivity contribution < 1.29 is 0 Å². The van der Waals surface area contributed by atoms with Gasteiger partial charge in [-0.15, -0.1) is 5.10 Å². The van der Waals surface area contributed by atoms with E-state index in [1.165, 1.54) is 5.56 Å². The first kappa shape index (κ1) is 10.8. The number of benzene rings is 1. The van der Waals surface area contributed by atoms with Crippen LogP contribution in [0.15, 0.2) is 30.5 Å². The Morgan fingerprint density at radius 3 is 2.88 bits per heavy atom. The van der Waals surface area contributed by atoms with Crippen molar-refractivity contribution in [2.75, 3.05) is 0 Å². The van der Waals surface area contributed by atoms with Gasteiger partial charge in [-0.1, -0.05) is 35.0 Å². The Labute approximate surface area is 95.1 Å². The quantitative estimate of drug-likeness (QED) is 0.843. The third kappa shape index (κ3) is 2.46. The maximum atomic E-state index is 6.13. The molecule has 1 aromatic heterocycles. The van der Waals surface area contributed by atoms with Crippen molar-refractivity contribution in [3.63, 3.8) is 0 Å². The fraction of sp³-hybridized carbons (Fsp3) is 0.333. The molecule has 4 heteroatoms. The summed E-state index contributed by atoms with van der Waals surface area (Å²) in [6.07, 6.45) is 2.62. The van der Waals surface area contributed by atoms with E-state index in [1.807, 2.05) is 25.4 Å². The maximum Gasteiger partial charge on any atom is 0.0845 e. The largest absolute Gasteiger partial charge is 0.324 e. The topological polar surface area (TPSA) is 56.7 Å². The average Bonchev–Trinajstić information content (AvgIpc) is 2.64. The normalized spacial score (nSPS) is 12.7. The predicted molar refractivity (Wildman–Crippen MR) is 62.8 cm³/mol. The molecule has 16 heavy (non-hydrogen) atoms. The van der Waals surface area contributed by atoms with Crippen molar-refractivity contribution in [3.05, 3.63) is 47.3 Å². The molecule has 0 amide bonds. The molecule has 0 aliphatic carbocycles. The van der Waals surface area contributed by atoms with E-state index >= 15 is 0 Å². The van der Waals surface area contributed by atoms with Crippen LogP contribution >= 0.6 is 0 Å². The smallest absolute Gasteiger partial charge is 0.0845 e. The van der Waals surface area contributed by atoms with Gasteiger partial charge in [0.05, 0.1) is 5.69 Å². The highest BCUT2D eigenvalue weighted by Crippen LogP contribution is 2.15. The second kappa shape index (κ2) is 4.45. The molecule has 2 aromatic rings. The van der Waals surface area contributed by atoms with Gasteiger partial charge in [0.1, 0.15) is 0 Å². The van der Waals surface area contributed by atoms with Crippen LogP contribution in [0.4, 0.5) is 0 Å². The van der Waals surface area contributed by atoms with Gasteiger partial charge in [-0.25, -0.2) is 0 Å². The number of nitrogens with zero attached hydrogens (tertiary/aromatic N) is 3. The van der Waals surface area contributed by atoms with Crippen LogP contribution in [-0.4, -0.2) is 15.0 Å². The fourth-order valence-corrected chi connectivity index (χ4v) is 1.73. The zero-order chi connectivity index (χ0) is 11.5. The van der Waals surface area contributed by atoms with E-state index in [0.29, 0.717) is 0 Å². The number of hydrogen-bond acceptors (Lipinski definition) is 3. The average molecular weight is 216 g/mol. The van der Waals surface area contributed by atoms with Crippen LogP contribution in [-0.2, 0) is 13.5 Å². The molecule has 0 spiro atoms. The Kier molecular flexibility index (Phi) is 3.01. The maximum absolute atomic E-state index is 6.13. The van der Waals surface area contributed by atoms with Gasteiger partial charge in [-0.05, 0) is 12.5 Å². The van der Waals surface area contributed by atoms with Gasteiger partial charge in [0.2, 0.25) is 0 Å². The predicted octanol–water partition coefficient (Wildman–Crippen LogP) is 1.37. The van der Waals surface area contributed by atoms with E-state index in [1.54, 1.807) is 4.68 Å². The Balaban J connectivity index is 2.11. The molecule has 1 heterocycles. The molecule has 1 aromatic carbocycles. The van der Waals surface area contributed by atoms with Gasteiger partial charge < -0.3 is 5.73 Å². The number of aromatic nitrogens is 3. The van der Waals surface area contributed by atoms with E-state index in [9.17, 15) is 0 Å². The lowest BCUT2D eigenvalue weighted by Gasteiger charge is -2.10. The summed E-state index contributed by atoms with van der Waals surface area (Å²) in [5.74, 6) is 0. The molecule has 2 rings (SSSR count). The molecule has 2 N–H and O–H groups in total. The van der Waals surface area contributed by atoms with Gasteiger partial charge in [-0.3, -0.25) is 4.68 Å². The van der Waals surface area contributed by atoms with Gasteiger partial charge in [0.15, 0.2) is 0 Å². The molecule has 0 saturated heterocycles. The van der Waals surface area contributed by atoms with E-state index in [-0.39, 0.29) is 6.04 Å². The molecular weight excluding hydrogens is 200 g/mol. The van der Waals surface area contributed by atoms with Crippen molar-refractivity contribution in [1.29, 1.82) is 0 Å². The second-order valence-electron chi connectivity index (χ2n) is 4.11. The highest BCUT2D eigenvalue weighted by Gasteiger charge is 2.09. The molecule has 0 aliphatic heterocycles. The standard InChI is InChI=1S/C12H16N4/c1-9-4-3-5-10(6-9)12(13)7-11-8-16(2)15-14-11/h3-6,8,12H,7,13H2,1-2H3. The van der Waals surface area contributed by atoms with Crippen LogP contribution in [0.3, 0.4) is 0 Å². The summed E-state index contributed by atoms with van der Waals surface area (Å²) < 4.78 is 1.69. The van der Waals surface area contributed by atoms with Crippen molar-refractivity contribution in [1.82, 2.24) is 15.0 Å². The van der Waals surface area contributed by atoms with E-state index < -0.39 is 0 Å². The lowest BCUT2D eigenvalue weighted by molar-refractivity contribution is 0.693. The Bertz CT molecular complexity index is 475. The van der Waals surface area contributed by atoms with Crippen LogP contribution in [0.5, 0.6) is 0 Å². The first-order valence-corrected chi connectivity index (χ1v) is 5.32. The van der Waals surface area contributed by atoms with E-state index in [0.717, 1.165) is 17.7 Å². The number of nitrogens with two attached hydrogens (primary N) is 1. The molecule has 84 valence electrons. The third-order valence-corrected chi connectivity index (χ3v) is 2.55. The summed E-state index contributed by atoms with van der Waals surface area (Å²) >= 11 is 0. The lowest BCUT2D eigenvalue weighted by Crippen LogP contribution is -2.13. The number of aryl methyl sites for hydroxylation is 2. The molecule has 0 aliphatic rings. The van der Waals surface area contributed by atoms with Crippen molar-refractivity contribution in [2.45, 2.75) is 19.4 Å². The minimum Gasteiger partial charge on any atom is -0.324 e. The summed E-state index contributed by atoms with van der Waals surface area (Å²) in [6, 6.07) is 8.24. The summed E-state index contributed by atoms with van der Waals surface area (Å²) in [6.45, 7) is 2.07. The minimum absolute atomic E-state index is 0.0170. The fourth-order valence-electron chi connectivity index (χ4n) is 1.73. The van der Waals surface area contributed by atoms with Crippen LogP contribution in [0.1, 0.15) is 22.9 Å². The first-order valence-electron chi connectivity index (χ1n) is 5.32. The van der Waals surface area contributed by atoms with Gasteiger partial charge in [0.25, 0.3) is 0 Å². The van der Waals surface area contributed by atoms with E-state index in [4.69, 9.17) is 5.73 Å². The number of rotatable bonds is 3. The second-order valence-corrected chi connectivity index (χ2v) is 4.11. The van der Waals surface area contributed by atoms with E-state index in [2.05, 4.69) is 29.4 Å². The third-order valence-electron chi connectivity index (χ3n) is 2.55. The molecule has 0 radical (unpaired) electrons. The SMILES string of the molecule is Cc1cccc(C(N)Cc2cn(C)nn2)c1. The molecule has 1 atom stereocenters. The van der Waals surface area contributed by atoms with Gasteiger partial charge >= 0.3 is 0 Å². The molecule has 4 nitrogen and oxygen atoms in total. The summed E-state index contributed by atoms with van der Waals surface area (Å²) in [4.78, 5) is 0. The Morgan fingerprint density at radius 2 is 2.25 bits per heavy atom. The highest BCUT2D eigenvalue weighted by atomic mass is 15.4. The molecule has 1 unspecified atom stereocenters. The van der Waals surface area contributed by atoms with Crippen LogP contribution in [0.25, 0.3) is 0 Å². The van der Waals surface area contributed by atoms with Gasteiger partial charge in [-0.2, -0.15) is 0 Å². The highest BCUT2D eigenvalue weighted by molar-refractivity contribution is 5.25. The monoisotopic (exact) mass is 216 g/mol. The molecule has 0 saturated carbocycles. The Hall–Kier alpha value is -1.68. The Morgan fingerprint density at radius 1 is 1.44 bits per heavy atom. The van der Waals surface area contributed by atoms with Crippen molar-refractivity contribution in [2.24, 2.45) is 12.8 Å². The minimum atomic E-state index is -0.0170. The summed E-state index contributed by atoms with van der Waals surface area (Å²) in [7, 11) is 1.86. The molecule has 0 bridgehead atoms. The van der Waals surface area contributed by atoms with Gasteiger partial charge in [0, 0.05) is 25.7 Å². The lowest BCUT2D eigenvalue weighted by atomic mass is 10.0. The summed E-state index contributed by atoms with van der Waals surface area (Å²) in [5, 5.41) is 7.93.